The molecular weight excluding hydrogens is 462 g/mol. The molecule has 3 rings (SSSR count). The molecule has 186 valence electrons. The van der Waals surface area contributed by atoms with Crippen LogP contribution in [0.2, 0.25) is 0 Å². The first-order valence-corrected chi connectivity index (χ1v) is 11.3. The summed E-state index contributed by atoms with van der Waals surface area (Å²) in [5.74, 6) is -1.10. The molecule has 0 unspecified atom stereocenters. The number of rotatable bonds is 9. The van der Waals surface area contributed by atoms with Crippen LogP contribution in [0.25, 0.3) is 0 Å². The van der Waals surface area contributed by atoms with Gasteiger partial charge in [-0.05, 0) is 80.9 Å². The molecule has 0 bridgehead atoms. The fourth-order valence-electron chi connectivity index (χ4n) is 3.01. The second kappa shape index (κ2) is 12.7. The highest BCUT2D eigenvalue weighted by Crippen LogP contribution is 2.29. The number of hydrogen-bond acceptors (Lipinski definition) is 7. The number of carbonyl (C=O) groups is 3. The number of hydrazone groups is 1. The molecule has 9 nitrogen and oxygen atoms in total. The van der Waals surface area contributed by atoms with Crippen LogP contribution in [0.5, 0.6) is 17.2 Å². The van der Waals surface area contributed by atoms with Gasteiger partial charge in [-0.3, -0.25) is 9.59 Å². The summed E-state index contributed by atoms with van der Waals surface area (Å²) in [5, 5.41) is 6.31. The zero-order valence-corrected chi connectivity index (χ0v) is 20.2. The molecule has 3 aromatic carbocycles. The second-order valence-electron chi connectivity index (χ2n) is 7.51. The standard InChI is InChI=1S/C27H27N3O6/c1-4-34-22-13-9-20(10-14-22)27(33)36-23-15-8-19(16-24(23)35-5-2)17-28-30-26(32)25(31)29-21-11-6-18(3)7-12-21/h6-17H,4-5H2,1-3H3,(H,29,31)(H,30,32). The molecule has 0 heterocycles. The molecule has 0 radical (unpaired) electrons. The van der Waals surface area contributed by atoms with Crippen molar-refractivity contribution >= 4 is 29.7 Å². The molecule has 0 saturated heterocycles. The molecule has 9 heteroatoms. The van der Waals surface area contributed by atoms with Crippen LogP contribution >= 0.6 is 0 Å². The van der Waals surface area contributed by atoms with Gasteiger partial charge in [-0.2, -0.15) is 5.10 Å². The molecule has 0 aliphatic rings. The number of nitrogens with one attached hydrogen (secondary N) is 2. The lowest BCUT2D eigenvalue weighted by Gasteiger charge is -2.11. The average Bonchev–Trinajstić information content (AvgIpc) is 2.87. The van der Waals surface area contributed by atoms with Crippen LogP contribution < -0.4 is 25.0 Å². The third kappa shape index (κ3) is 7.42. The van der Waals surface area contributed by atoms with Gasteiger partial charge in [-0.25, -0.2) is 10.2 Å². The largest absolute Gasteiger partial charge is 0.494 e. The summed E-state index contributed by atoms with van der Waals surface area (Å²) in [4.78, 5) is 36.6. The third-order valence-corrected chi connectivity index (χ3v) is 4.77. The lowest BCUT2D eigenvalue weighted by atomic mass is 10.2. The van der Waals surface area contributed by atoms with Crippen LogP contribution in [0.3, 0.4) is 0 Å². The molecule has 2 amide bonds. The summed E-state index contributed by atoms with van der Waals surface area (Å²) < 4.78 is 16.5. The van der Waals surface area contributed by atoms with E-state index in [-0.39, 0.29) is 5.75 Å². The van der Waals surface area contributed by atoms with E-state index in [1.807, 2.05) is 26.0 Å². The van der Waals surface area contributed by atoms with Crippen LogP contribution in [0.4, 0.5) is 5.69 Å². The molecule has 36 heavy (non-hydrogen) atoms. The maximum Gasteiger partial charge on any atom is 0.343 e. The van der Waals surface area contributed by atoms with Crippen LogP contribution in [0.1, 0.15) is 35.3 Å². The van der Waals surface area contributed by atoms with E-state index in [2.05, 4.69) is 15.8 Å². The molecule has 2 N–H and O–H groups in total. The summed E-state index contributed by atoms with van der Waals surface area (Å²) in [6.07, 6.45) is 1.34. The van der Waals surface area contributed by atoms with E-state index in [0.717, 1.165) is 5.56 Å². The van der Waals surface area contributed by atoms with Crippen LogP contribution in [0, 0.1) is 6.92 Å². The number of carbonyl (C=O) groups excluding carboxylic acids is 3. The molecular formula is C27H27N3O6. The minimum Gasteiger partial charge on any atom is -0.494 e. The van der Waals surface area contributed by atoms with E-state index in [4.69, 9.17) is 14.2 Å². The third-order valence-electron chi connectivity index (χ3n) is 4.77. The number of esters is 1. The van der Waals surface area contributed by atoms with Crippen molar-refractivity contribution < 1.29 is 28.6 Å². The molecule has 0 aromatic heterocycles. The Morgan fingerprint density at radius 3 is 2.19 bits per heavy atom. The van der Waals surface area contributed by atoms with Crippen molar-refractivity contribution in [1.82, 2.24) is 5.43 Å². The fraction of sp³-hybridized carbons (Fsp3) is 0.185. The van der Waals surface area contributed by atoms with Crippen molar-refractivity contribution in [2.75, 3.05) is 18.5 Å². The molecule has 0 fully saturated rings. The van der Waals surface area contributed by atoms with Gasteiger partial charge in [0, 0.05) is 5.69 Å². The molecule has 0 spiro atoms. The quantitative estimate of drug-likeness (QED) is 0.154. The van der Waals surface area contributed by atoms with Gasteiger partial charge in [0.25, 0.3) is 0 Å². The summed E-state index contributed by atoms with van der Waals surface area (Å²) in [6.45, 7) is 6.46. The molecule has 0 saturated carbocycles. The van der Waals surface area contributed by atoms with Crippen molar-refractivity contribution in [2.45, 2.75) is 20.8 Å². The Labute approximate surface area is 209 Å². The molecule has 3 aromatic rings. The van der Waals surface area contributed by atoms with Gasteiger partial charge >= 0.3 is 17.8 Å². The highest BCUT2D eigenvalue weighted by atomic mass is 16.6. The molecule has 0 atom stereocenters. The Bertz CT molecular complexity index is 1240. The van der Waals surface area contributed by atoms with Gasteiger partial charge in [0.1, 0.15) is 5.75 Å². The van der Waals surface area contributed by atoms with Crippen LogP contribution in [-0.4, -0.2) is 37.2 Å². The van der Waals surface area contributed by atoms with Crippen LogP contribution in [-0.2, 0) is 9.59 Å². The predicted octanol–water partition coefficient (Wildman–Crippen LogP) is 4.10. The van der Waals surface area contributed by atoms with E-state index < -0.39 is 17.8 Å². The summed E-state index contributed by atoms with van der Waals surface area (Å²) in [7, 11) is 0. The first-order valence-electron chi connectivity index (χ1n) is 11.3. The second-order valence-corrected chi connectivity index (χ2v) is 7.51. The van der Waals surface area contributed by atoms with Crippen LogP contribution in [0.15, 0.2) is 71.8 Å². The van der Waals surface area contributed by atoms with E-state index >= 15 is 0 Å². The number of nitrogens with zero attached hydrogens (tertiary/aromatic N) is 1. The number of hydrogen-bond donors (Lipinski definition) is 2. The van der Waals surface area contributed by atoms with E-state index in [1.54, 1.807) is 61.5 Å². The summed E-state index contributed by atoms with van der Waals surface area (Å²) in [6, 6.07) is 18.5. The summed E-state index contributed by atoms with van der Waals surface area (Å²) in [5.41, 5.74) is 4.63. The Balaban J connectivity index is 1.62. The number of aryl methyl sites for hydroxylation is 1. The molecule has 0 aliphatic carbocycles. The number of anilines is 1. The Kier molecular flexibility index (Phi) is 9.16. The Morgan fingerprint density at radius 1 is 0.833 bits per heavy atom. The first kappa shape index (κ1) is 26.0. The van der Waals surface area contributed by atoms with Crippen molar-refractivity contribution in [2.24, 2.45) is 5.10 Å². The summed E-state index contributed by atoms with van der Waals surface area (Å²) >= 11 is 0. The van der Waals surface area contributed by atoms with Crippen molar-refractivity contribution in [3.63, 3.8) is 0 Å². The first-order chi connectivity index (χ1) is 17.4. The number of amides is 2. The number of ether oxygens (including phenoxy) is 3. The van der Waals surface area contributed by atoms with Gasteiger partial charge in [-0.15, -0.1) is 0 Å². The monoisotopic (exact) mass is 489 g/mol. The van der Waals surface area contributed by atoms with Gasteiger partial charge in [0.2, 0.25) is 0 Å². The Morgan fingerprint density at radius 2 is 1.53 bits per heavy atom. The lowest BCUT2D eigenvalue weighted by Crippen LogP contribution is -2.32. The predicted molar refractivity (Wildman–Crippen MR) is 136 cm³/mol. The van der Waals surface area contributed by atoms with E-state index in [9.17, 15) is 14.4 Å². The van der Waals surface area contributed by atoms with E-state index in [1.165, 1.54) is 6.21 Å². The maximum atomic E-state index is 12.6. The zero-order chi connectivity index (χ0) is 25.9. The van der Waals surface area contributed by atoms with Gasteiger partial charge in [-0.1, -0.05) is 17.7 Å². The lowest BCUT2D eigenvalue weighted by molar-refractivity contribution is -0.136. The van der Waals surface area contributed by atoms with Gasteiger partial charge in [0.15, 0.2) is 11.5 Å². The SMILES string of the molecule is CCOc1ccc(C(=O)Oc2ccc(C=NNC(=O)C(=O)Nc3ccc(C)cc3)cc2OCC)cc1. The minimum absolute atomic E-state index is 0.231. The van der Waals surface area contributed by atoms with Crippen molar-refractivity contribution in [3.8, 4) is 17.2 Å². The highest BCUT2D eigenvalue weighted by Gasteiger charge is 2.15. The van der Waals surface area contributed by atoms with Crippen molar-refractivity contribution in [3.05, 3.63) is 83.4 Å². The zero-order valence-electron chi connectivity index (χ0n) is 20.2. The minimum atomic E-state index is -0.919. The maximum absolute atomic E-state index is 12.6. The smallest absolute Gasteiger partial charge is 0.343 e. The van der Waals surface area contributed by atoms with Gasteiger partial charge < -0.3 is 19.5 Å². The molecule has 0 aliphatic heterocycles. The Hall–Kier alpha value is -4.66. The normalized spacial score (nSPS) is 10.5. The highest BCUT2D eigenvalue weighted by molar-refractivity contribution is 6.39. The van der Waals surface area contributed by atoms with Crippen molar-refractivity contribution in [1.29, 1.82) is 0 Å². The van der Waals surface area contributed by atoms with E-state index in [0.29, 0.717) is 41.5 Å². The number of benzene rings is 3. The average molecular weight is 490 g/mol. The van der Waals surface area contributed by atoms with Gasteiger partial charge in [0.05, 0.1) is 25.0 Å². The fourth-order valence-corrected chi connectivity index (χ4v) is 3.01. The topological polar surface area (TPSA) is 115 Å².